The van der Waals surface area contributed by atoms with E-state index in [0.29, 0.717) is 12.3 Å². The van der Waals surface area contributed by atoms with E-state index < -0.39 is 6.10 Å². The molecular formula is C11H12INO3. The first-order valence-corrected chi connectivity index (χ1v) is 6.01. The van der Waals surface area contributed by atoms with Crippen molar-refractivity contribution in [3.8, 4) is 5.75 Å². The van der Waals surface area contributed by atoms with Crippen molar-refractivity contribution in [3.05, 3.63) is 21.8 Å². The van der Waals surface area contributed by atoms with Crippen LogP contribution in [0.1, 0.15) is 6.42 Å². The molecule has 1 aromatic carbocycles. The van der Waals surface area contributed by atoms with Gasteiger partial charge in [-0.05, 0) is 40.8 Å². The number of nitrogens with zero attached hydrogens (tertiary/aromatic N) is 1. The number of aliphatic hydroxyl groups excluding tert-OH is 1. The second-order valence-corrected chi connectivity index (χ2v) is 4.92. The third-order valence-corrected chi connectivity index (χ3v) is 3.21. The number of halogens is 1. The van der Waals surface area contributed by atoms with Gasteiger partial charge in [0.25, 0.3) is 0 Å². The lowest BCUT2D eigenvalue weighted by molar-refractivity contribution is -0.117. The molecule has 4 nitrogen and oxygen atoms in total. The number of methoxy groups -OCH3 is 1. The van der Waals surface area contributed by atoms with E-state index in [0.717, 1.165) is 9.26 Å². The molecular weight excluding hydrogens is 321 g/mol. The first-order valence-electron chi connectivity index (χ1n) is 4.94. The summed E-state index contributed by atoms with van der Waals surface area (Å²) in [5, 5.41) is 9.46. The monoisotopic (exact) mass is 333 g/mol. The summed E-state index contributed by atoms with van der Waals surface area (Å²) in [4.78, 5) is 13.2. The minimum Gasteiger partial charge on any atom is -0.495 e. The van der Waals surface area contributed by atoms with E-state index in [1.807, 2.05) is 18.2 Å². The Morgan fingerprint density at radius 3 is 2.88 bits per heavy atom. The smallest absolute Gasteiger partial charge is 0.229 e. The highest BCUT2D eigenvalue weighted by atomic mass is 127. The van der Waals surface area contributed by atoms with Gasteiger partial charge in [-0.3, -0.25) is 4.79 Å². The van der Waals surface area contributed by atoms with Gasteiger partial charge in [0, 0.05) is 3.57 Å². The summed E-state index contributed by atoms with van der Waals surface area (Å²) < 4.78 is 6.25. The van der Waals surface area contributed by atoms with Crippen molar-refractivity contribution < 1.29 is 14.6 Å². The van der Waals surface area contributed by atoms with Crippen LogP contribution in [0.2, 0.25) is 0 Å². The lowest BCUT2D eigenvalue weighted by atomic mass is 10.2. The van der Waals surface area contributed by atoms with Crippen LogP contribution in [0.4, 0.5) is 5.69 Å². The van der Waals surface area contributed by atoms with E-state index in [9.17, 15) is 9.90 Å². The molecule has 1 amide bonds. The number of anilines is 1. The Bertz CT molecular complexity index is 422. The summed E-state index contributed by atoms with van der Waals surface area (Å²) in [6.07, 6.45) is -0.385. The van der Waals surface area contributed by atoms with Gasteiger partial charge < -0.3 is 14.7 Å². The number of β-amino-alcohol motifs (C(OH)–C–C–N with tert-alkyl or cyclic N) is 1. The predicted molar refractivity (Wildman–Crippen MR) is 68.7 cm³/mol. The molecule has 0 radical (unpaired) electrons. The maximum atomic E-state index is 11.7. The van der Waals surface area contributed by atoms with Crippen LogP contribution in [-0.4, -0.2) is 30.8 Å². The maximum Gasteiger partial charge on any atom is 0.229 e. The summed E-state index contributed by atoms with van der Waals surface area (Å²) in [6, 6.07) is 5.63. The van der Waals surface area contributed by atoms with Crippen molar-refractivity contribution in [2.24, 2.45) is 0 Å². The summed E-state index contributed by atoms with van der Waals surface area (Å²) in [6.45, 7) is 0.343. The van der Waals surface area contributed by atoms with E-state index in [1.54, 1.807) is 12.0 Å². The molecule has 1 fully saturated rings. The van der Waals surface area contributed by atoms with Gasteiger partial charge in [-0.2, -0.15) is 0 Å². The van der Waals surface area contributed by atoms with Gasteiger partial charge in [-0.15, -0.1) is 0 Å². The fraction of sp³-hybridized carbons (Fsp3) is 0.364. The van der Waals surface area contributed by atoms with E-state index in [1.165, 1.54) is 0 Å². The molecule has 1 aromatic rings. The van der Waals surface area contributed by atoms with E-state index in [4.69, 9.17) is 4.74 Å². The number of hydrogen-bond acceptors (Lipinski definition) is 3. The SMILES string of the molecule is COc1ccc(I)cc1N1CC(O)CC1=O. The van der Waals surface area contributed by atoms with Crippen LogP contribution in [0.25, 0.3) is 0 Å². The zero-order valence-corrected chi connectivity index (χ0v) is 11.0. The van der Waals surface area contributed by atoms with Crippen LogP contribution in [0.15, 0.2) is 18.2 Å². The summed E-state index contributed by atoms with van der Waals surface area (Å²) in [7, 11) is 1.57. The molecule has 1 N–H and O–H groups in total. The van der Waals surface area contributed by atoms with Crippen molar-refractivity contribution >= 4 is 34.2 Å². The van der Waals surface area contributed by atoms with Crippen LogP contribution in [-0.2, 0) is 4.79 Å². The number of ether oxygens (including phenoxy) is 1. The zero-order chi connectivity index (χ0) is 11.7. The molecule has 1 unspecified atom stereocenters. The lowest BCUT2D eigenvalue weighted by Gasteiger charge is -2.19. The molecule has 0 aromatic heterocycles. The van der Waals surface area contributed by atoms with E-state index in [-0.39, 0.29) is 12.3 Å². The number of aliphatic hydroxyl groups is 1. The molecule has 0 spiro atoms. The van der Waals surface area contributed by atoms with Crippen molar-refractivity contribution in [2.45, 2.75) is 12.5 Å². The highest BCUT2D eigenvalue weighted by molar-refractivity contribution is 14.1. The van der Waals surface area contributed by atoms with Gasteiger partial charge in [0.1, 0.15) is 5.75 Å². The van der Waals surface area contributed by atoms with Crippen LogP contribution >= 0.6 is 22.6 Å². The molecule has 5 heteroatoms. The van der Waals surface area contributed by atoms with Crippen molar-refractivity contribution in [1.82, 2.24) is 0 Å². The number of rotatable bonds is 2. The first-order chi connectivity index (χ1) is 7.61. The zero-order valence-electron chi connectivity index (χ0n) is 8.81. The molecule has 1 aliphatic rings. The van der Waals surface area contributed by atoms with E-state index >= 15 is 0 Å². The van der Waals surface area contributed by atoms with Crippen LogP contribution in [0.3, 0.4) is 0 Å². The summed E-state index contributed by atoms with van der Waals surface area (Å²) >= 11 is 2.18. The molecule has 0 bridgehead atoms. The van der Waals surface area contributed by atoms with Gasteiger partial charge >= 0.3 is 0 Å². The van der Waals surface area contributed by atoms with E-state index in [2.05, 4.69) is 22.6 Å². The second-order valence-electron chi connectivity index (χ2n) is 3.68. The lowest BCUT2D eigenvalue weighted by Crippen LogP contribution is -2.25. The van der Waals surface area contributed by atoms with Crippen molar-refractivity contribution in [1.29, 1.82) is 0 Å². The Morgan fingerprint density at radius 2 is 2.31 bits per heavy atom. The van der Waals surface area contributed by atoms with Gasteiger partial charge in [-0.1, -0.05) is 0 Å². The number of carbonyl (C=O) groups is 1. The Kier molecular flexibility index (Phi) is 3.34. The highest BCUT2D eigenvalue weighted by Crippen LogP contribution is 2.32. The van der Waals surface area contributed by atoms with Crippen LogP contribution in [0.5, 0.6) is 5.75 Å². The summed E-state index contributed by atoms with van der Waals surface area (Å²) in [5.41, 5.74) is 0.732. The molecule has 2 rings (SSSR count). The molecule has 1 saturated heterocycles. The standard InChI is InChI=1S/C11H12INO3/c1-16-10-3-2-7(12)4-9(10)13-6-8(14)5-11(13)15/h2-4,8,14H,5-6H2,1H3. The molecule has 1 heterocycles. The number of hydrogen-bond donors (Lipinski definition) is 1. The predicted octanol–water partition coefficient (Wildman–Crippen LogP) is 1.40. The third kappa shape index (κ3) is 2.15. The minimum absolute atomic E-state index is 0.0622. The van der Waals surface area contributed by atoms with Crippen molar-refractivity contribution in [3.63, 3.8) is 0 Å². The molecule has 1 aliphatic heterocycles. The van der Waals surface area contributed by atoms with Gasteiger partial charge in [0.2, 0.25) is 5.91 Å². The fourth-order valence-corrected chi connectivity index (χ4v) is 2.27. The summed E-state index contributed by atoms with van der Waals surface area (Å²) in [5.74, 6) is 0.593. The Balaban J connectivity index is 2.39. The second kappa shape index (κ2) is 4.58. The average Bonchev–Trinajstić information content (AvgIpc) is 2.57. The van der Waals surface area contributed by atoms with Crippen molar-refractivity contribution in [2.75, 3.05) is 18.6 Å². The topological polar surface area (TPSA) is 49.8 Å². The Labute approximate surface area is 107 Å². The largest absolute Gasteiger partial charge is 0.495 e. The minimum atomic E-state index is -0.574. The first kappa shape index (κ1) is 11.7. The van der Waals surface area contributed by atoms with Gasteiger partial charge in [0.05, 0.1) is 31.9 Å². The van der Waals surface area contributed by atoms with Crippen LogP contribution < -0.4 is 9.64 Å². The number of carbonyl (C=O) groups excluding carboxylic acids is 1. The fourth-order valence-electron chi connectivity index (χ4n) is 1.80. The number of benzene rings is 1. The Morgan fingerprint density at radius 1 is 1.56 bits per heavy atom. The quantitative estimate of drug-likeness (QED) is 0.833. The molecule has 0 aliphatic carbocycles. The normalized spacial score (nSPS) is 20.3. The molecule has 1 atom stereocenters. The Hall–Kier alpha value is -0.820. The highest BCUT2D eigenvalue weighted by Gasteiger charge is 2.30. The average molecular weight is 333 g/mol. The van der Waals surface area contributed by atoms with Gasteiger partial charge in [-0.25, -0.2) is 0 Å². The van der Waals surface area contributed by atoms with Gasteiger partial charge in [0.15, 0.2) is 0 Å². The molecule has 16 heavy (non-hydrogen) atoms. The molecule has 86 valence electrons. The van der Waals surface area contributed by atoms with Crippen LogP contribution in [0, 0.1) is 3.57 Å². The molecule has 0 saturated carbocycles. The number of amides is 1. The maximum absolute atomic E-state index is 11.7. The third-order valence-electron chi connectivity index (χ3n) is 2.54.